The molecule has 2 aromatic heterocycles. The fourth-order valence-corrected chi connectivity index (χ4v) is 11.6. The molecule has 4 aromatic carbocycles. The smallest absolute Gasteiger partial charge is 0.416 e. The number of benzene rings is 4. The van der Waals surface area contributed by atoms with E-state index >= 15 is 4.39 Å². The molecule has 15 nitrogen and oxygen atoms in total. The maximum atomic E-state index is 16.0. The lowest BCUT2D eigenvalue weighted by atomic mass is 9.90. The first kappa shape index (κ1) is 86.4. The van der Waals surface area contributed by atoms with Crippen LogP contribution in [0.25, 0.3) is 22.3 Å². The average molecular weight is 1440 g/mol. The number of nitrogens with one attached hydrogen (secondary N) is 1. The predicted molar refractivity (Wildman–Crippen MR) is 369 cm³/mol. The van der Waals surface area contributed by atoms with Crippen molar-refractivity contribution >= 4 is 36.2 Å². The number of carboxylic acids is 1. The highest BCUT2D eigenvalue weighted by molar-refractivity contribution is 5.85. The van der Waals surface area contributed by atoms with Gasteiger partial charge in [0.1, 0.15) is 35.4 Å². The van der Waals surface area contributed by atoms with Gasteiger partial charge < -0.3 is 44.6 Å². The number of hydrogen-bond donors (Lipinski definition) is 3. The quantitative estimate of drug-likeness (QED) is 0.0327. The Bertz CT molecular complexity index is 3880. The van der Waals surface area contributed by atoms with Gasteiger partial charge in [0, 0.05) is 54.8 Å². The normalized spacial score (nSPS) is 12.8. The summed E-state index contributed by atoms with van der Waals surface area (Å²) in [6.45, 7) is 22.1. The number of aryl methyl sites for hydroxylation is 6. The second-order valence-corrected chi connectivity index (χ2v) is 26.2. The van der Waals surface area contributed by atoms with E-state index in [0.29, 0.717) is 59.3 Å². The van der Waals surface area contributed by atoms with Gasteiger partial charge in [0.15, 0.2) is 0 Å². The molecular formula is C74H95ClF10N6O9. The van der Waals surface area contributed by atoms with Crippen molar-refractivity contribution in [3.8, 4) is 22.3 Å². The van der Waals surface area contributed by atoms with Crippen molar-refractivity contribution in [3.63, 3.8) is 0 Å². The van der Waals surface area contributed by atoms with E-state index in [0.717, 1.165) is 43.8 Å². The van der Waals surface area contributed by atoms with Crippen molar-refractivity contribution in [1.29, 1.82) is 0 Å². The topological polar surface area (TPSA) is 196 Å². The molecule has 0 saturated heterocycles. The number of halogens is 11. The molecule has 100 heavy (non-hydrogen) atoms. The Balaban J connectivity index is 0.000000428. The van der Waals surface area contributed by atoms with Gasteiger partial charge in [-0.2, -0.15) is 26.3 Å². The molecule has 0 spiro atoms. The summed E-state index contributed by atoms with van der Waals surface area (Å²) in [6, 6.07) is 8.53. The Morgan fingerprint density at radius 1 is 0.540 bits per heavy atom. The third kappa shape index (κ3) is 24.7. The molecule has 552 valence electrons. The molecule has 0 saturated carbocycles. The molecule has 0 aliphatic heterocycles. The molecular weight excluding hydrogens is 1340 g/mol. The molecule has 0 aliphatic carbocycles. The van der Waals surface area contributed by atoms with Crippen molar-refractivity contribution in [2.45, 2.75) is 171 Å². The molecule has 2 unspecified atom stereocenters. The lowest BCUT2D eigenvalue weighted by molar-refractivity contribution is -0.144. The minimum atomic E-state index is -4.79. The van der Waals surface area contributed by atoms with Crippen LogP contribution in [0.4, 0.5) is 43.9 Å². The first-order valence-electron chi connectivity index (χ1n) is 32.7. The number of carboxylic acid groups (broad SMARTS) is 1. The second kappa shape index (κ2) is 38.2. The Morgan fingerprint density at radius 3 is 1.26 bits per heavy atom. The standard InChI is InChI=1S/C37H46F5N3O4.C20H23F2NO2.C17H25F3N2O3.ClH/c1-9-49-33(47)19-30(28-17-26(14-24(6)35(28)39)34-22(4)15-27(38)16-23(34)5)43-36(48)31(11-10-21(2)3)45-20-25(12-13-44(7)8)29(18-32(45)46)37(40,41)42;1-5-25-18(24)10-17(23)16-9-14(6-13(4)20(16)22)19-11(2)7-15(21)8-12(19)3;1-11(2)5-6-14(16(24)25)22-10-12(7-8-21(3)4)13(9-15(22)23)17(18,19)20;/h14-18,20-21,30-31H,9-13,19H2,1-8H3,(H,43,48);6-9,17H,5,10,23H2,1-4H3;9-11,14H,5-8H2,1-4H3,(H,24,25);1H/t30-,31?;17-;;/m00../s1. The molecule has 6 rings (SSSR count). The van der Waals surface area contributed by atoms with E-state index in [1.165, 1.54) is 37.3 Å². The van der Waals surface area contributed by atoms with E-state index in [9.17, 15) is 73.4 Å². The van der Waals surface area contributed by atoms with Crippen LogP contribution in [0.3, 0.4) is 0 Å². The first-order chi connectivity index (χ1) is 46.0. The van der Waals surface area contributed by atoms with E-state index in [-0.39, 0.29) is 110 Å². The zero-order valence-corrected chi connectivity index (χ0v) is 60.5. The summed E-state index contributed by atoms with van der Waals surface area (Å²) < 4.78 is 152. The number of alkyl halides is 6. The third-order valence-corrected chi connectivity index (χ3v) is 16.5. The van der Waals surface area contributed by atoms with Crippen LogP contribution in [0.15, 0.2) is 82.6 Å². The number of aromatic nitrogens is 2. The third-order valence-electron chi connectivity index (χ3n) is 16.5. The summed E-state index contributed by atoms with van der Waals surface area (Å²) in [4.78, 5) is 79.0. The molecule has 26 heteroatoms. The number of esters is 2. The van der Waals surface area contributed by atoms with E-state index in [1.54, 1.807) is 90.8 Å². The summed E-state index contributed by atoms with van der Waals surface area (Å²) in [5, 5.41) is 12.2. The Morgan fingerprint density at radius 2 is 0.900 bits per heavy atom. The lowest BCUT2D eigenvalue weighted by Gasteiger charge is -2.27. The van der Waals surface area contributed by atoms with Gasteiger partial charge in [-0.25, -0.2) is 22.4 Å². The van der Waals surface area contributed by atoms with Crippen molar-refractivity contribution in [2.24, 2.45) is 17.6 Å². The van der Waals surface area contributed by atoms with Crippen molar-refractivity contribution < 1.29 is 77.7 Å². The van der Waals surface area contributed by atoms with Crippen molar-refractivity contribution in [1.82, 2.24) is 24.3 Å². The number of aliphatic carboxylic acids is 1. The van der Waals surface area contributed by atoms with E-state index in [4.69, 9.17) is 15.2 Å². The number of ether oxygens (including phenoxy) is 2. The number of nitrogens with two attached hydrogens (primary N) is 1. The van der Waals surface area contributed by atoms with E-state index in [1.807, 2.05) is 41.5 Å². The highest BCUT2D eigenvalue weighted by Crippen LogP contribution is 2.38. The largest absolute Gasteiger partial charge is 0.480 e. The molecule has 4 N–H and O–H groups in total. The predicted octanol–water partition coefficient (Wildman–Crippen LogP) is 15.6. The minimum Gasteiger partial charge on any atom is -0.480 e. The van der Waals surface area contributed by atoms with E-state index in [2.05, 4.69) is 5.32 Å². The van der Waals surface area contributed by atoms with Crippen molar-refractivity contribution in [3.05, 3.63) is 184 Å². The van der Waals surface area contributed by atoms with Crippen LogP contribution in [0, 0.1) is 76.6 Å². The minimum absolute atomic E-state index is 0. The number of pyridine rings is 2. The monoisotopic (exact) mass is 1440 g/mol. The highest BCUT2D eigenvalue weighted by Gasteiger charge is 2.38. The number of amides is 1. The van der Waals surface area contributed by atoms with Crippen LogP contribution in [0.2, 0.25) is 0 Å². The Labute approximate surface area is 584 Å². The SMILES string of the molecule is CC(C)CCC(C(=O)O)n1cc(CCN(C)C)c(C(F)(F)F)cc1=O.CCOC(=O)C[C@H](N)c1cc(-c2c(C)cc(F)cc2C)cc(C)c1F.CCOC(=O)C[C@H](NC(=O)C(CCC(C)C)n1cc(CCN(C)C)c(C(F)(F)F)cc1=O)c1cc(-c2c(C)cc(F)cc2C)cc(C)c1F.Cl. The molecule has 1 amide bonds. The number of nitrogens with zero attached hydrogens (tertiary/aromatic N) is 4. The fraction of sp³-hybridized carbons (Fsp3) is 0.486. The zero-order valence-electron chi connectivity index (χ0n) is 59.6. The molecule has 0 bridgehead atoms. The lowest BCUT2D eigenvalue weighted by Crippen LogP contribution is -2.40. The zero-order chi connectivity index (χ0) is 74.9. The van der Waals surface area contributed by atoms with Gasteiger partial charge in [0.2, 0.25) is 5.91 Å². The molecule has 2 heterocycles. The molecule has 0 radical (unpaired) electrons. The van der Waals surface area contributed by atoms with Gasteiger partial charge in [-0.05, 0) is 249 Å². The fourth-order valence-electron chi connectivity index (χ4n) is 11.6. The summed E-state index contributed by atoms with van der Waals surface area (Å²) in [5.74, 6) is -4.74. The summed E-state index contributed by atoms with van der Waals surface area (Å²) in [5.41, 5.74) is 8.15. The summed E-state index contributed by atoms with van der Waals surface area (Å²) in [6.07, 6.45) is -6.57. The molecule has 4 atom stereocenters. The highest BCUT2D eigenvalue weighted by atomic mass is 35.5. The molecule has 0 aliphatic rings. The van der Waals surface area contributed by atoms with Crippen LogP contribution < -0.4 is 22.2 Å². The molecule has 0 fully saturated rings. The van der Waals surface area contributed by atoms with Gasteiger partial charge >= 0.3 is 30.3 Å². The maximum absolute atomic E-state index is 16.0. The van der Waals surface area contributed by atoms with Crippen LogP contribution >= 0.6 is 12.4 Å². The second-order valence-electron chi connectivity index (χ2n) is 26.2. The maximum Gasteiger partial charge on any atom is 0.416 e. The van der Waals surface area contributed by atoms with Crippen LogP contribution in [0.1, 0.15) is 171 Å². The van der Waals surface area contributed by atoms with Crippen LogP contribution in [-0.4, -0.2) is 102 Å². The van der Waals surface area contributed by atoms with Crippen LogP contribution in [-0.2, 0) is 53.8 Å². The first-order valence-corrected chi connectivity index (χ1v) is 32.7. The van der Waals surface area contributed by atoms with Crippen molar-refractivity contribution in [2.75, 3.05) is 54.5 Å². The number of likely N-dealkylation sites (N-methyl/N-ethyl adjacent to an activating group) is 2. The Hall–Kier alpha value is -7.87. The number of carbonyl (C=O) groups is 4. The number of hydrogen-bond acceptors (Lipinski definition) is 11. The van der Waals surface area contributed by atoms with Crippen LogP contribution in [0.5, 0.6) is 0 Å². The average Bonchev–Trinajstić information content (AvgIpc) is 0.802. The Kier molecular flexibility index (Phi) is 33.0. The number of carbonyl (C=O) groups excluding carboxylic acids is 3. The van der Waals surface area contributed by atoms with Gasteiger partial charge in [-0.15, -0.1) is 12.4 Å². The van der Waals surface area contributed by atoms with Gasteiger partial charge in [-0.1, -0.05) is 27.7 Å². The number of rotatable bonds is 27. The van der Waals surface area contributed by atoms with E-state index < -0.39 is 106 Å². The molecule has 6 aromatic rings. The van der Waals surface area contributed by atoms with Gasteiger partial charge in [-0.3, -0.25) is 24.0 Å². The summed E-state index contributed by atoms with van der Waals surface area (Å²) >= 11 is 0. The summed E-state index contributed by atoms with van der Waals surface area (Å²) in [7, 11) is 6.87. The van der Waals surface area contributed by atoms with Gasteiger partial charge in [0.25, 0.3) is 11.1 Å². The van der Waals surface area contributed by atoms with Gasteiger partial charge in [0.05, 0.1) is 43.2 Å².